The summed E-state index contributed by atoms with van der Waals surface area (Å²) < 4.78 is 24.9. The number of carbonyl (C=O) groups is 2. The van der Waals surface area contributed by atoms with Crippen LogP contribution < -0.4 is 5.32 Å². The number of carbonyl (C=O) groups excluding carboxylic acids is 2. The van der Waals surface area contributed by atoms with Gasteiger partial charge >= 0.3 is 5.97 Å². The predicted octanol–water partition coefficient (Wildman–Crippen LogP) is 2.46. The number of rotatable bonds is 7. The molecule has 1 aromatic heterocycles. The molecule has 46 heavy (non-hydrogen) atoms. The van der Waals surface area contributed by atoms with Crippen LogP contribution in [0, 0.1) is 17.8 Å². The van der Waals surface area contributed by atoms with E-state index >= 15 is 0 Å². The molecule has 6 fully saturated rings. The minimum atomic E-state index is -1.52. The molecule has 1 aromatic carbocycles. The summed E-state index contributed by atoms with van der Waals surface area (Å²) in [4.78, 5) is 37.5. The highest BCUT2D eigenvalue weighted by Gasteiger charge is 2.91. The summed E-state index contributed by atoms with van der Waals surface area (Å²) >= 11 is 5.83. The molecule has 2 aromatic rings. The Labute approximate surface area is 271 Å². The number of hydrogen-bond acceptors (Lipinski definition) is 11. The minimum absolute atomic E-state index is 0.0501. The molecular formula is C33H39ClN4O8. The summed E-state index contributed by atoms with van der Waals surface area (Å²) in [7, 11) is 4.96. The van der Waals surface area contributed by atoms with E-state index in [4.69, 9.17) is 30.5 Å². The third kappa shape index (κ3) is 3.45. The van der Waals surface area contributed by atoms with Crippen molar-refractivity contribution in [1.82, 2.24) is 14.9 Å². The first-order valence-corrected chi connectivity index (χ1v) is 16.3. The molecule has 3 saturated carbocycles. The molecule has 1 spiro atoms. The van der Waals surface area contributed by atoms with Crippen LogP contribution >= 0.6 is 11.6 Å². The third-order valence-corrected chi connectivity index (χ3v) is 13.0. The summed E-state index contributed by atoms with van der Waals surface area (Å²) in [6.07, 6.45) is 4.02. The van der Waals surface area contributed by atoms with E-state index < -0.39 is 52.3 Å². The van der Waals surface area contributed by atoms with Gasteiger partial charge < -0.3 is 34.5 Å². The molecule has 4 heterocycles. The first-order valence-electron chi connectivity index (χ1n) is 16.0. The molecule has 246 valence electrons. The largest absolute Gasteiger partial charge is 0.453 e. The maximum absolute atomic E-state index is 14.2. The Morgan fingerprint density at radius 1 is 1.04 bits per heavy atom. The van der Waals surface area contributed by atoms with Gasteiger partial charge in [0.1, 0.15) is 27.7 Å². The van der Waals surface area contributed by atoms with Gasteiger partial charge in [0.2, 0.25) is 0 Å². The van der Waals surface area contributed by atoms with E-state index in [0.29, 0.717) is 32.1 Å². The molecule has 13 heteroatoms. The summed E-state index contributed by atoms with van der Waals surface area (Å²) in [5.74, 6) is -1.82. The van der Waals surface area contributed by atoms with E-state index in [0.717, 1.165) is 0 Å². The van der Waals surface area contributed by atoms with Crippen molar-refractivity contribution in [3.8, 4) is 0 Å². The Balaban J connectivity index is 1.17. The summed E-state index contributed by atoms with van der Waals surface area (Å²) in [6, 6.07) is 6.03. The van der Waals surface area contributed by atoms with Crippen molar-refractivity contribution in [1.29, 1.82) is 0 Å². The second-order valence-corrected chi connectivity index (χ2v) is 14.3. The molecule has 6 aliphatic rings. The Kier molecular flexibility index (Phi) is 6.75. The molecule has 3 aliphatic carbocycles. The van der Waals surface area contributed by atoms with Crippen molar-refractivity contribution >= 4 is 29.2 Å². The monoisotopic (exact) mass is 654 g/mol. The number of piperidine rings is 2. The fourth-order valence-corrected chi connectivity index (χ4v) is 11.5. The zero-order valence-electron chi connectivity index (χ0n) is 26.2. The molecule has 0 radical (unpaired) electrons. The van der Waals surface area contributed by atoms with Crippen LogP contribution in [0.2, 0.25) is 5.15 Å². The summed E-state index contributed by atoms with van der Waals surface area (Å²) in [6.45, 7) is 2.07. The fraction of sp³-hybridized carbons (Fsp3) is 0.636. The Bertz CT molecular complexity index is 1600. The quantitative estimate of drug-likeness (QED) is 0.378. The van der Waals surface area contributed by atoms with Crippen LogP contribution in [0.5, 0.6) is 0 Å². The Morgan fingerprint density at radius 3 is 2.52 bits per heavy atom. The smallest absolute Gasteiger partial charge is 0.340 e. The van der Waals surface area contributed by atoms with Gasteiger partial charge in [-0.05, 0) is 44.7 Å². The summed E-state index contributed by atoms with van der Waals surface area (Å²) in [5, 5.41) is 28.4. The molecule has 4 unspecified atom stereocenters. The van der Waals surface area contributed by atoms with E-state index in [-0.39, 0.29) is 52.2 Å². The average molecular weight is 655 g/mol. The van der Waals surface area contributed by atoms with E-state index in [1.807, 2.05) is 0 Å². The molecule has 13 atom stereocenters. The molecular weight excluding hydrogens is 616 g/mol. The van der Waals surface area contributed by atoms with Gasteiger partial charge in [0.15, 0.2) is 0 Å². The average Bonchev–Trinajstić information content (AvgIpc) is 3.58. The lowest BCUT2D eigenvalue weighted by atomic mass is 9.56. The van der Waals surface area contributed by atoms with Crippen LogP contribution in [0.3, 0.4) is 0 Å². The van der Waals surface area contributed by atoms with Gasteiger partial charge in [-0.2, -0.15) is 0 Å². The highest BCUT2D eigenvalue weighted by atomic mass is 35.5. The van der Waals surface area contributed by atoms with Crippen molar-refractivity contribution in [2.75, 3.05) is 26.6 Å². The maximum atomic E-state index is 14.2. The van der Waals surface area contributed by atoms with Crippen molar-refractivity contribution in [2.24, 2.45) is 17.8 Å². The number of ether oxygens (including phenoxy) is 4. The van der Waals surface area contributed by atoms with E-state index in [2.05, 4.69) is 27.1 Å². The van der Waals surface area contributed by atoms with Crippen LogP contribution in [0.15, 0.2) is 36.7 Å². The van der Waals surface area contributed by atoms with Crippen molar-refractivity contribution in [2.45, 2.75) is 91.8 Å². The predicted molar refractivity (Wildman–Crippen MR) is 163 cm³/mol. The van der Waals surface area contributed by atoms with Crippen LogP contribution in [0.4, 0.5) is 5.69 Å². The molecule has 7 bridgehead atoms. The van der Waals surface area contributed by atoms with E-state index in [1.54, 1.807) is 45.6 Å². The van der Waals surface area contributed by atoms with Gasteiger partial charge in [0, 0.05) is 57.6 Å². The highest BCUT2D eigenvalue weighted by molar-refractivity contribution is 6.29. The minimum Gasteiger partial charge on any atom is -0.453 e. The lowest BCUT2D eigenvalue weighted by Crippen LogP contribution is -2.82. The first-order chi connectivity index (χ1) is 22.0. The number of halogens is 1. The van der Waals surface area contributed by atoms with E-state index in [1.165, 1.54) is 12.4 Å². The van der Waals surface area contributed by atoms with Crippen LogP contribution in [0.25, 0.3) is 0 Å². The number of anilines is 1. The SMILES string of the molecule is CO[C@H]1C[C@]2(O)[C@H]3CC4C5(C6C[C@H]1[C@H](OC)[C@@]62O)[C@@H](OC)CC[C@@]4(OC(=O)c1ccccc1NC(=O)c1cnc(Cl)cn1)[C@H](C)N35. The van der Waals surface area contributed by atoms with Crippen LogP contribution in [-0.4, -0.2) is 111 Å². The standard InChI is InChI=1S/C33H39ClN4O8/c1-16-30(46-29(40)17-7-5-6-8-19(17)37-28(39)20-14-36-26(34)15-35-20)10-9-25(44-3)32-22(30)12-24(38(16)32)31(41)13-21(43-2)18-11-23(32)33(31,42)27(18)45-4/h5-8,14-16,18,21-25,27,41-42H,9-13H2,1-4H3,(H,37,39)/t16-,18+,21-,22?,23?,24+,25-,27-,30+,31-,32?,33-/m0/s1. The third-order valence-electron chi connectivity index (χ3n) is 12.9. The topological polar surface area (TPSA) is 153 Å². The number of esters is 1. The number of hydrogen-bond donors (Lipinski definition) is 3. The van der Waals surface area contributed by atoms with Gasteiger partial charge in [0.25, 0.3) is 5.91 Å². The summed E-state index contributed by atoms with van der Waals surface area (Å²) in [5.41, 5.74) is -4.06. The molecule has 3 N–H and O–H groups in total. The van der Waals surface area contributed by atoms with Gasteiger partial charge in [-0.25, -0.2) is 14.8 Å². The molecule has 3 saturated heterocycles. The fourth-order valence-electron chi connectivity index (χ4n) is 11.4. The first kappa shape index (κ1) is 30.6. The van der Waals surface area contributed by atoms with Crippen molar-refractivity contribution < 1.29 is 38.7 Å². The second kappa shape index (κ2) is 10.1. The van der Waals surface area contributed by atoms with Crippen LogP contribution in [-0.2, 0) is 18.9 Å². The number of aliphatic hydroxyl groups is 2. The van der Waals surface area contributed by atoms with Gasteiger partial charge in [-0.1, -0.05) is 23.7 Å². The number of nitrogens with one attached hydrogen (secondary N) is 1. The van der Waals surface area contributed by atoms with Gasteiger partial charge in [-0.3, -0.25) is 9.69 Å². The van der Waals surface area contributed by atoms with Crippen molar-refractivity contribution in [3.05, 3.63) is 53.1 Å². The number of aromatic nitrogens is 2. The number of fused-ring (bicyclic) bond motifs is 2. The van der Waals surface area contributed by atoms with Crippen molar-refractivity contribution in [3.63, 3.8) is 0 Å². The van der Waals surface area contributed by atoms with E-state index in [9.17, 15) is 19.8 Å². The molecule has 8 rings (SSSR count). The van der Waals surface area contributed by atoms with Gasteiger partial charge in [0.05, 0.1) is 47.5 Å². The Hall–Kier alpha value is -2.71. The maximum Gasteiger partial charge on any atom is 0.340 e. The molecule has 1 amide bonds. The van der Waals surface area contributed by atoms with Crippen LogP contribution in [0.1, 0.15) is 59.9 Å². The number of amides is 1. The zero-order valence-corrected chi connectivity index (χ0v) is 26.9. The normalized spacial score (nSPS) is 45.8. The highest BCUT2D eigenvalue weighted by Crippen LogP contribution is 2.77. The number of nitrogens with zero attached hydrogens (tertiary/aromatic N) is 3. The molecule has 12 nitrogen and oxygen atoms in total. The number of methoxy groups -OCH3 is 3. The zero-order chi connectivity index (χ0) is 32.4. The Morgan fingerprint density at radius 2 is 1.83 bits per heavy atom. The molecule has 3 aliphatic heterocycles. The lowest BCUT2D eigenvalue weighted by molar-refractivity contribution is -0.314. The number of benzene rings is 1. The lowest BCUT2D eigenvalue weighted by Gasteiger charge is -2.64. The number of para-hydroxylation sites is 1. The second-order valence-electron chi connectivity index (χ2n) is 13.9. The van der Waals surface area contributed by atoms with Gasteiger partial charge in [-0.15, -0.1) is 0 Å².